The van der Waals surface area contributed by atoms with E-state index in [-0.39, 0.29) is 0 Å². The van der Waals surface area contributed by atoms with Crippen molar-refractivity contribution in [1.29, 1.82) is 0 Å². The zero-order chi connectivity index (χ0) is 24.6. The topological polar surface area (TPSA) is 150 Å². The van der Waals surface area contributed by atoms with Crippen LogP contribution in [0, 0.1) is 0 Å². The Hall–Kier alpha value is -2.02. The first-order valence-corrected chi connectivity index (χ1v) is 10.0. The largest absolute Gasteiger partial charge is 0.510 e. The summed E-state index contributed by atoms with van der Waals surface area (Å²) >= 11 is 16.5. The Labute approximate surface area is 197 Å². The molecule has 1 fully saturated rings. The van der Waals surface area contributed by atoms with Crippen LogP contribution >= 0.6 is 34.8 Å². The summed E-state index contributed by atoms with van der Waals surface area (Å²) in [4.78, 5) is 58.2. The summed E-state index contributed by atoms with van der Waals surface area (Å²) in [6, 6.07) is 0. The third kappa shape index (κ3) is 10.1. The second-order valence-corrected chi connectivity index (χ2v) is 8.86. The summed E-state index contributed by atoms with van der Waals surface area (Å²) in [5.74, 6) is -3.25. The first kappa shape index (κ1) is 28.0. The molecule has 15 heteroatoms. The SMILES string of the molecule is CC(=O)OC[C@H]1O[C@H](OC(=O)OCC(Cl)(Cl)Cl)[C@H](OC(C)=O)[C@@H](OC(C)=O)[C@@H]1OC(C)=O. The smallest absolute Gasteiger partial charge is 0.463 e. The molecule has 0 radical (unpaired) electrons. The molecule has 0 aromatic rings. The van der Waals surface area contributed by atoms with Crippen molar-refractivity contribution in [2.75, 3.05) is 13.2 Å². The van der Waals surface area contributed by atoms with Crippen molar-refractivity contribution in [3.63, 3.8) is 0 Å². The Balaban J connectivity index is 3.26. The molecule has 1 heterocycles. The van der Waals surface area contributed by atoms with Crippen molar-refractivity contribution >= 4 is 64.8 Å². The number of rotatable bonds is 7. The molecule has 32 heavy (non-hydrogen) atoms. The van der Waals surface area contributed by atoms with E-state index in [9.17, 15) is 24.0 Å². The molecule has 1 aliphatic rings. The highest BCUT2D eigenvalue weighted by Gasteiger charge is 2.54. The molecular weight excluding hydrogens is 503 g/mol. The summed E-state index contributed by atoms with van der Waals surface area (Å²) in [5, 5.41) is 0. The number of halogens is 3. The second-order valence-electron chi connectivity index (χ2n) is 6.34. The van der Waals surface area contributed by atoms with E-state index >= 15 is 0 Å². The van der Waals surface area contributed by atoms with Gasteiger partial charge in [0.05, 0.1) is 0 Å². The molecule has 0 N–H and O–H groups in total. The van der Waals surface area contributed by atoms with Crippen LogP contribution in [-0.2, 0) is 52.3 Å². The summed E-state index contributed by atoms with van der Waals surface area (Å²) in [6.07, 6.45) is -8.96. The molecule has 0 saturated carbocycles. The minimum absolute atomic E-state index is 0.499. The Morgan fingerprint density at radius 3 is 1.69 bits per heavy atom. The lowest BCUT2D eigenvalue weighted by Crippen LogP contribution is -2.63. The average molecular weight is 524 g/mol. The molecule has 1 saturated heterocycles. The summed E-state index contributed by atoms with van der Waals surface area (Å²) in [6.45, 7) is 3.04. The third-order valence-corrected chi connectivity index (χ3v) is 3.84. The molecule has 12 nitrogen and oxygen atoms in total. The van der Waals surface area contributed by atoms with Gasteiger partial charge in [0.1, 0.15) is 19.3 Å². The lowest BCUT2D eigenvalue weighted by Gasteiger charge is -2.43. The molecular formula is C17H21Cl3O12. The van der Waals surface area contributed by atoms with Gasteiger partial charge in [0.2, 0.25) is 16.2 Å². The van der Waals surface area contributed by atoms with Crippen molar-refractivity contribution < 1.29 is 57.1 Å². The highest BCUT2D eigenvalue weighted by atomic mass is 35.6. The van der Waals surface area contributed by atoms with Gasteiger partial charge in [0.15, 0.2) is 12.2 Å². The van der Waals surface area contributed by atoms with Crippen LogP contribution in [0.4, 0.5) is 4.79 Å². The molecule has 1 rings (SSSR count). The Morgan fingerprint density at radius 1 is 0.719 bits per heavy atom. The fraction of sp³-hybridized carbons (Fsp3) is 0.706. The molecule has 0 unspecified atom stereocenters. The van der Waals surface area contributed by atoms with Crippen LogP contribution < -0.4 is 0 Å². The number of carbonyl (C=O) groups excluding carboxylic acids is 5. The zero-order valence-corrected chi connectivity index (χ0v) is 19.6. The highest BCUT2D eigenvalue weighted by molar-refractivity contribution is 6.67. The first-order chi connectivity index (χ1) is 14.7. The summed E-state index contributed by atoms with van der Waals surface area (Å²) in [5.41, 5.74) is 0. The van der Waals surface area contributed by atoms with Crippen LogP contribution in [0.1, 0.15) is 27.7 Å². The molecule has 182 valence electrons. The maximum Gasteiger partial charge on any atom is 0.510 e. The van der Waals surface area contributed by atoms with Crippen molar-refractivity contribution in [2.24, 2.45) is 0 Å². The van der Waals surface area contributed by atoms with Crippen LogP contribution in [0.5, 0.6) is 0 Å². The average Bonchev–Trinajstić information content (AvgIpc) is 2.61. The van der Waals surface area contributed by atoms with Crippen LogP contribution in [-0.4, -0.2) is 77.7 Å². The Bertz CT molecular complexity index is 722. The van der Waals surface area contributed by atoms with Gasteiger partial charge in [-0.1, -0.05) is 34.8 Å². The second kappa shape index (κ2) is 12.3. The van der Waals surface area contributed by atoms with E-state index in [4.69, 9.17) is 63.2 Å². The molecule has 0 aliphatic carbocycles. The highest BCUT2D eigenvalue weighted by Crippen LogP contribution is 2.31. The van der Waals surface area contributed by atoms with E-state index in [0.29, 0.717) is 0 Å². The van der Waals surface area contributed by atoms with Gasteiger partial charge >= 0.3 is 30.0 Å². The van der Waals surface area contributed by atoms with Gasteiger partial charge in [-0.05, 0) is 0 Å². The molecule has 1 aliphatic heterocycles. The van der Waals surface area contributed by atoms with Gasteiger partial charge in [-0.15, -0.1) is 0 Å². The minimum Gasteiger partial charge on any atom is -0.463 e. The van der Waals surface area contributed by atoms with Crippen LogP contribution in [0.2, 0.25) is 0 Å². The lowest BCUT2D eigenvalue weighted by atomic mass is 9.98. The van der Waals surface area contributed by atoms with Crippen LogP contribution in [0.15, 0.2) is 0 Å². The number of alkyl halides is 3. The van der Waals surface area contributed by atoms with Crippen molar-refractivity contribution in [1.82, 2.24) is 0 Å². The van der Waals surface area contributed by atoms with Crippen molar-refractivity contribution in [3.8, 4) is 0 Å². The lowest BCUT2D eigenvalue weighted by molar-refractivity contribution is -0.297. The summed E-state index contributed by atoms with van der Waals surface area (Å²) in [7, 11) is 0. The van der Waals surface area contributed by atoms with Crippen LogP contribution in [0.3, 0.4) is 0 Å². The van der Waals surface area contributed by atoms with E-state index in [2.05, 4.69) is 4.74 Å². The predicted molar refractivity (Wildman–Crippen MR) is 105 cm³/mol. The molecule has 0 aromatic carbocycles. The van der Waals surface area contributed by atoms with E-state index in [1.165, 1.54) is 0 Å². The molecule has 0 amide bonds. The number of carbonyl (C=O) groups is 5. The fourth-order valence-corrected chi connectivity index (χ4v) is 2.72. The minimum atomic E-state index is -1.94. The van der Waals surface area contributed by atoms with E-state index in [1.807, 2.05) is 0 Å². The summed E-state index contributed by atoms with van der Waals surface area (Å²) < 4.78 is 33.5. The standard InChI is InChI=1S/C17H21Cl3O12/c1-7(21)26-5-11-12(28-8(2)22)13(29-9(3)23)14(30-10(4)24)15(31-11)32-16(25)27-6-17(18,19)20/h11-15H,5-6H2,1-4H3/t11-,12-,13+,14-,15-/m1/s1. The monoisotopic (exact) mass is 522 g/mol. The van der Waals surface area contributed by atoms with Gasteiger partial charge in [-0.3, -0.25) is 19.2 Å². The van der Waals surface area contributed by atoms with E-state index in [1.54, 1.807) is 0 Å². The number of hydrogen-bond donors (Lipinski definition) is 0. The number of esters is 4. The molecule has 0 aromatic heterocycles. The van der Waals surface area contributed by atoms with E-state index in [0.717, 1.165) is 27.7 Å². The number of hydrogen-bond acceptors (Lipinski definition) is 12. The van der Waals surface area contributed by atoms with Gasteiger partial charge in [0.25, 0.3) is 0 Å². The van der Waals surface area contributed by atoms with Gasteiger partial charge in [0, 0.05) is 27.7 Å². The van der Waals surface area contributed by atoms with Gasteiger partial charge < -0.3 is 33.2 Å². The van der Waals surface area contributed by atoms with Gasteiger partial charge in [-0.2, -0.15) is 0 Å². The Kier molecular flexibility index (Phi) is 10.8. The third-order valence-electron chi connectivity index (χ3n) is 3.51. The molecule has 0 spiro atoms. The zero-order valence-electron chi connectivity index (χ0n) is 17.3. The maximum atomic E-state index is 12.0. The fourth-order valence-electron chi connectivity index (χ4n) is 2.55. The Morgan fingerprint density at radius 2 is 1.22 bits per heavy atom. The quantitative estimate of drug-likeness (QED) is 0.271. The van der Waals surface area contributed by atoms with Gasteiger partial charge in [-0.25, -0.2) is 4.79 Å². The predicted octanol–water partition coefficient (Wildman–Crippen LogP) is 1.59. The first-order valence-electron chi connectivity index (χ1n) is 8.90. The van der Waals surface area contributed by atoms with E-state index < -0.39 is 77.7 Å². The molecule has 0 bridgehead atoms. The number of ether oxygens (including phenoxy) is 7. The van der Waals surface area contributed by atoms with Crippen molar-refractivity contribution in [2.45, 2.75) is 62.2 Å². The van der Waals surface area contributed by atoms with Crippen molar-refractivity contribution in [3.05, 3.63) is 0 Å². The maximum absolute atomic E-state index is 12.0. The molecule has 5 atom stereocenters. The van der Waals surface area contributed by atoms with Crippen LogP contribution in [0.25, 0.3) is 0 Å². The normalized spacial score (nSPS) is 25.2.